The number of hydrogen-bond acceptors (Lipinski definition) is 3. The molecule has 0 aliphatic rings. The Balaban J connectivity index is 2.46. The number of hydrogen-bond donors (Lipinski definition) is 0. The molecule has 0 unspecified atom stereocenters. The Morgan fingerprint density at radius 3 is 2.88 bits per heavy atom. The van der Waals surface area contributed by atoms with Gasteiger partial charge in [-0.2, -0.15) is 0 Å². The minimum Gasteiger partial charge on any atom is -0.489 e. The van der Waals surface area contributed by atoms with Crippen molar-refractivity contribution >= 4 is 17.6 Å². The number of esters is 1. The van der Waals surface area contributed by atoms with Gasteiger partial charge in [-0.3, -0.25) is 0 Å². The molecule has 0 spiro atoms. The van der Waals surface area contributed by atoms with Crippen molar-refractivity contribution in [3.63, 3.8) is 0 Å². The highest BCUT2D eigenvalue weighted by molar-refractivity contribution is 6.30. The molecule has 16 heavy (non-hydrogen) atoms. The second-order valence-electron chi connectivity index (χ2n) is 3.07. The normalized spacial score (nSPS) is 9.62. The molecule has 0 saturated carbocycles. The van der Waals surface area contributed by atoms with Crippen LogP contribution in [0.4, 0.5) is 0 Å². The smallest absolute Gasteiger partial charge is 0.336 e. The van der Waals surface area contributed by atoms with Crippen molar-refractivity contribution in [2.45, 2.75) is 6.92 Å². The fraction of sp³-hybridized carbons (Fsp3) is 0.250. The van der Waals surface area contributed by atoms with Gasteiger partial charge in [0.25, 0.3) is 0 Å². The predicted octanol–water partition coefficient (Wildman–Crippen LogP) is 2.84. The zero-order valence-electron chi connectivity index (χ0n) is 9.03. The molecule has 4 heteroatoms. The Morgan fingerprint density at radius 1 is 1.50 bits per heavy atom. The third-order valence-electron chi connectivity index (χ3n) is 1.77. The standard InChI is InChI=1S/C12H13ClO3/c1-3-15-12(14)9(2)8-16-11-6-4-5-10(13)7-11/h4-7H,2-3,8H2,1H3. The van der Waals surface area contributed by atoms with Crippen LogP contribution in [0.5, 0.6) is 5.75 Å². The van der Waals surface area contributed by atoms with Crippen LogP contribution in [0.25, 0.3) is 0 Å². The predicted molar refractivity (Wildman–Crippen MR) is 62.7 cm³/mol. The van der Waals surface area contributed by atoms with Crippen molar-refractivity contribution in [3.05, 3.63) is 41.4 Å². The van der Waals surface area contributed by atoms with E-state index in [9.17, 15) is 4.79 Å². The molecule has 0 N–H and O–H groups in total. The average Bonchev–Trinajstić information content (AvgIpc) is 2.26. The van der Waals surface area contributed by atoms with Crippen LogP contribution < -0.4 is 4.74 Å². The summed E-state index contributed by atoms with van der Waals surface area (Å²) < 4.78 is 10.1. The van der Waals surface area contributed by atoms with Crippen molar-refractivity contribution < 1.29 is 14.3 Å². The van der Waals surface area contributed by atoms with Crippen LogP contribution in [0.2, 0.25) is 5.02 Å². The van der Waals surface area contributed by atoms with Gasteiger partial charge in [-0.1, -0.05) is 24.2 Å². The first-order valence-corrected chi connectivity index (χ1v) is 5.24. The maximum Gasteiger partial charge on any atom is 0.336 e. The van der Waals surface area contributed by atoms with Crippen LogP contribution in [-0.4, -0.2) is 19.2 Å². The zero-order chi connectivity index (χ0) is 12.0. The van der Waals surface area contributed by atoms with Gasteiger partial charge in [0, 0.05) is 5.02 Å². The second kappa shape index (κ2) is 6.18. The highest BCUT2D eigenvalue weighted by Gasteiger charge is 2.08. The minimum absolute atomic E-state index is 0.0964. The first-order valence-electron chi connectivity index (χ1n) is 4.86. The lowest BCUT2D eigenvalue weighted by molar-refractivity contribution is -0.138. The molecule has 1 aromatic rings. The van der Waals surface area contributed by atoms with Crippen LogP contribution in [0.3, 0.4) is 0 Å². The fourth-order valence-electron chi connectivity index (χ4n) is 1.02. The van der Waals surface area contributed by atoms with Crippen LogP contribution >= 0.6 is 11.6 Å². The minimum atomic E-state index is -0.440. The molecule has 0 fully saturated rings. The SMILES string of the molecule is C=C(COc1cccc(Cl)c1)C(=O)OCC. The molecule has 86 valence electrons. The number of benzene rings is 1. The van der Waals surface area contributed by atoms with E-state index in [-0.39, 0.29) is 12.2 Å². The van der Waals surface area contributed by atoms with Crippen molar-refractivity contribution in [1.29, 1.82) is 0 Å². The van der Waals surface area contributed by atoms with Crippen molar-refractivity contribution in [2.75, 3.05) is 13.2 Å². The maximum atomic E-state index is 11.2. The largest absolute Gasteiger partial charge is 0.489 e. The lowest BCUT2D eigenvalue weighted by Crippen LogP contribution is -2.13. The zero-order valence-corrected chi connectivity index (χ0v) is 9.79. The maximum absolute atomic E-state index is 11.2. The molecule has 0 saturated heterocycles. The molecule has 0 radical (unpaired) electrons. The molecule has 0 amide bonds. The quantitative estimate of drug-likeness (QED) is 0.587. The van der Waals surface area contributed by atoms with Crippen LogP contribution in [0, 0.1) is 0 Å². The van der Waals surface area contributed by atoms with E-state index in [0.717, 1.165) is 0 Å². The molecule has 0 aliphatic carbocycles. The first-order chi connectivity index (χ1) is 7.63. The summed E-state index contributed by atoms with van der Waals surface area (Å²) in [4.78, 5) is 11.2. The monoisotopic (exact) mass is 240 g/mol. The Kier molecular flexibility index (Phi) is 4.86. The fourth-order valence-corrected chi connectivity index (χ4v) is 1.20. The lowest BCUT2D eigenvalue weighted by Gasteiger charge is -2.08. The number of halogens is 1. The molecule has 3 nitrogen and oxygen atoms in total. The van der Waals surface area contributed by atoms with Gasteiger partial charge < -0.3 is 9.47 Å². The van der Waals surface area contributed by atoms with Crippen LogP contribution in [0.15, 0.2) is 36.4 Å². The summed E-state index contributed by atoms with van der Waals surface area (Å²) in [5, 5.41) is 0.583. The highest BCUT2D eigenvalue weighted by atomic mass is 35.5. The number of rotatable bonds is 5. The van der Waals surface area contributed by atoms with Gasteiger partial charge in [-0.15, -0.1) is 0 Å². The highest BCUT2D eigenvalue weighted by Crippen LogP contribution is 2.17. The Morgan fingerprint density at radius 2 is 2.25 bits per heavy atom. The molecule has 1 aromatic carbocycles. The van der Waals surface area contributed by atoms with E-state index in [1.807, 2.05) is 0 Å². The van der Waals surface area contributed by atoms with Gasteiger partial charge in [-0.05, 0) is 25.1 Å². The second-order valence-corrected chi connectivity index (χ2v) is 3.51. The number of ether oxygens (including phenoxy) is 2. The van der Waals surface area contributed by atoms with Gasteiger partial charge in [0.15, 0.2) is 0 Å². The lowest BCUT2D eigenvalue weighted by atomic mass is 10.3. The topological polar surface area (TPSA) is 35.5 Å². The van der Waals surface area contributed by atoms with E-state index in [2.05, 4.69) is 6.58 Å². The molecule has 1 rings (SSSR count). The Hall–Kier alpha value is -1.48. The molecular weight excluding hydrogens is 228 g/mol. The van der Waals surface area contributed by atoms with E-state index in [4.69, 9.17) is 21.1 Å². The van der Waals surface area contributed by atoms with E-state index in [1.165, 1.54) is 0 Å². The number of carbonyl (C=O) groups is 1. The molecule has 0 atom stereocenters. The summed E-state index contributed by atoms with van der Waals surface area (Å²) in [5.74, 6) is 0.155. The summed E-state index contributed by atoms with van der Waals surface area (Å²) in [6.45, 7) is 5.74. The van der Waals surface area contributed by atoms with Gasteiger partial charge in [0.2, 0.25) is 0 Å². The molecular formula is C12H13ClO3. The number of carbonyl (C=O) groups excluding carboxylic acids is 1. The molecule has 0 aliphatic heterocycles. The average molecular weight is 241 g/mol. The Labute approximate surface area is 99.6 Å². The molecule has 0 heterocycles. The summed E-state index contributed by atoms with van der Waals surface area (Å²) in [5.41, 5.74) is 0.279. The van der Waals surface area contributed by atoms with Crippen molar-refractivity contribution in [3.8, 4) is 5.75 Å². The van der Waals surface area contributed by atoms with Gasteiger partial charge in [0.1, 0.15) is 12.4 Å². The molecule has 0 aromatic heterocycles. The summed E-state index contributed by atoms with van der Waals surface area (Å²) in [6, 6.07) is 6.93. The van der Waals surface area contributed by atoms with Crippen molar-refractivity contribution in [2.24, 2.45) is 0 Å². The first kappa shape index (κ1) is 12.6. The van der Waals surface area contributed by atoms with Gasteiger partial charge in [-0.25, -0.2) is 4.79 Å². The third-order valence-corrected chi connectivity index (χ3v) is 2.01. The van der Waals surface area contributed by atoms with Gasteiger partial charge >= 0.3 is 5.97 Å². The van der Waals surface area contributed by atoms with E-state index < -0.39 is 5.97 Å². The summed E-state index contributed by atoms with van der Waals surface area (Å²) in [7, 11) is 0. The Bertz CT molecular complexity index is 388. The van der Waals surface area contributed by atoms with E-state index >= 15 is 0 Å². The van der Waals surface area contributed by atoms with Crippen LogP contribution in [0.1, 0.15) is 6.92 Å². The summed E-state index contributed by atoms with van der Waals surface area (Å²) in [6.07, 6.45) is 0. The summed E-state index contributed by atoms with van der Waals surface area (Å²) >= 11 is 5.78. The third kappa shape index (κ3) is 3.95. The van der Waals surface area contributed by atoms with E-state index in [1.54, 1.807) is 31.2 Å². The van der Waals surface area contributed by atoms with Crippen LogP contribution in [-0.2, 0) is 9.53 Å². The van der Waals surface area contributed by atoms with Gasteiger partial charge in [0.05, 0.1) is 12.2 Å². The molecule has 0 bridgehead atoms. The van der Waals surface area contributed by atoms with E-state index in [0.29, 0.717) is 17.4 Å². The van der Waals surface area contributed by atoms with Crippen molar-refractivity contribution in [1.82, 2.24) is 0 Å².